The van der Waals surface area contributed by atoms with Crippen molar-refractivity contribution < 1.29 is 19.1 Å². The molecule has 1 aromatic heterocycles. The number of carboxylic acid groups (broad SMARTS) is 1. The minimum atomic E-state index is -1.13. The van der Waals surface area contributed by atoms with Gasteiger partial charge in [0.1, 0.15) is 5.76 Å². The maximum absolute atomic E-state index is 11.4. The first kappa shape index (κ1) is 12.3. The molecule has 1 rings (SSSR count). The molecule has 1 heterocycles. The van der Waals surface area contributed by atoms with Gasteiger partial charge in [0.25, 0.3) is 0 Å². The number of carboxylic acids is 1. The summed E-state index contributed by atoms with van der Waals surface area (Å²) in [5.41, 5.74) is 0. The second kappa shape index (κ2) is 5.34. The van der Waals surface area contributed by atoms with Crippen LogP contribution < -0.4 is 5.32 Å². The topological polar surface area (TPSA) is 79.5 Å². The normalized spacial score (nSPS) is 12.4. The molecule has 0 saturated carbocycles. The Morgan fingerprint density at radius 2 is 2.19 bits per heavy atom. The predicted octanol–water partition coefficient (Wildman–Crippen LogP) is 1.57. The van der Waals surface area contributed by atoms with E-state index in [0.29, 0.717) is 6.42 Å². The Morgan fingerprint density at radius 3 is 2.62 bits per heavy atom. The summed E-state index contributed by atoms with van der Waals surface area (Å²) in [6, 6.07) is 2.00. The molecule has 16 heavy (non-hydrogen) atoms. The van der Waals surface area contributed by atoms with E-state index in [2.05, 4.69) is 5.32 Å². The number of rotatable bonds is 5. The first-order valence-electron chi connectivity index (χ1n) is 5.06. The van der Waals surface area contributed by atoms with Gasteiger partial charge in [-0.1, -0.05) is 13.8 Å². The van der Waals surface area contributed by atoms with Gasteiger partial charge in [-0.2, -0.15) is 0 Å². The summed E-state index contributed by atoms with van der Waals surface area (Å²) in [6.45, 7) is 3.78. The van der Waals surface area contributed by atoms with Gasteiger partial charge in [-0.05, 0) is 18.1 Å². The van der Waals surface area contributed by atoms with E-state index in [1.165, 1.54) is 12.3 Å². The van der Waals surface area contributed by atoms with Crippen LogP contribution in [0, 0.1) is 5.92 Å². The van der Waals surface area contributed by atoms with E-state index in [0.717, 1.165) is 0 Å². The van der Waals surface area contributed by atoms with Crippen molar-refractivity contribution >= 4 is 11.9 Å². The molecule has 0 fully saturated rings. The van der Waals surface area contributed by atoms with Gasteiger partial charge in [0.05, 0.1) is 6.26 Å². The third kappa shape index (κ3) is 3.42. The molecular formula is C11H15NO4. The monoisotopic (exact) mass is 225 g/mol. The van der Waals surface area contributed by atoms with E-state index < -0.39 is 12.0 Å². The molecule has 1 aromatic rings. The lowest BCUT2D eigenvalue weighted by atomic mass is 10.1. The molecule has 0 spiro atoms. The van der Waals surface area contributed by atoms with Crippen LogP contribution in [0.2, 0.25) is 0 Å². The Labute approximate surface area is 93.4 Å². The second-order valence-electron chi connectivity index (χ2n) is 3.95. The summed E-state index contributed by atoms with van der Waals surface area (Å²) in [4.78, 5) is 22.4. The minimum absolute atomic E-state index is 0.186. The molecule has 0 aliphatic heterocycles. The number of aliphatic carboxylic acids is 1. The average molecular weight is 225 g/mol. The molecule has 0 aliphatic rings. The van der Waals surface area contributed by atoms with E-state index in [1.807, 2.05) is 13.8 Å². The molecule has 1 atom stereocenters. The summed E-state index contributed by atoms with van der Waals surface area (Å²) in [6.07, 6.45) is 1.67. The van der Waals surface area contributed by atoms with Crippen LogP contribution in [0.5, 0.6) is 0 Å². The Balaban J connectivity index is 2.67. The number of furan rings is 1. The van der Waals surface area contributed by atoms with Crippen molar-refractivity contribution in [2.24, 2.45) is 5.92 Å². The van der Waals surface area contributed by atoms with Crippen LogP contribution in [-0.2, 0) is 9.59 Å². The summed E-state index contributed by atoms with van der Waals surface area (Å²) in [5, 5.41) is 11.4. The standard InChI is InChI=1S/C11H15NO4/c1-7(2)6-9(13)12-10(11(14)15)8-4-3-5-16-8/h3-5,7,10H,6H2,1-2H3,(H,12,13)(H,14,15). The van der Waals surface area contributed by atoms with Crippen molar-refractivity contribution in [3.05, 3.63) is 24.2 Å². The lowest BCUT2D eigenvalue weighted by molar-refractivity contribution is -0.142. The highest BCUT2D eigenvalue weighted by Gasteiger charge is 2.24. The molecule has 0 bridgehead atoms. The van der Waals surface area contributed by atoms with E-state index in [-0.39, 0.29) is 17.6 Å². The first-order chi connectivity index (χ1) is 7.50. The number of nitrogens with one attached hydrogen (secondary N) is 1. The number of amides is 1. The zero-order valence-electron chi connectivity index (χ0n) is 9.27. The van der Waals surface area contributed by atoms with Crippen molar-refractivity contribution in [3.63, 3.8) is 0 Å². The third-order valence-electron chi connectivity index (χ3n) is 1.97. The first-order valence-corrected chi connectivity index (χ1v) is 5.06. The summed E-state index contributed by atoms with van der Waals surface area (Å²) < 4.78 is 4.97. The summed E-state index contributed by atoms with van der Waals surface area (Å²) >= 11 is 0. The van der Waals surface area contributed by atoms with Crippen molar-refractivity contribution in [2.75, 3.05) is 0 Å². The van der Waals surface area contributed by atoms with Crippen LogP contribution >= 0.6 is 0 Å². The Bertz CT molecular complexity index is 356. The minimum Gasteiger partial charge on any atom is -0.479 e. The SMILES string of the molecule is CC(C)CC(=O)NC(C(=O)O)c1ccco1. The molecule has 0 saturated heterocycles. The highest BCUT2D eigenvalue weighted by molar-refractivity contribution is 5.84. The fraction of sp³-hybridized carbons (Fsp3) is 0.455. The second-order valence-corrected chi connectivity index (χ2v) is 3.95. The van der Waals surface area contributed by atoms with Gasteiger partial charge in [0, 0.05) is 6.42 Å². The lowest BCUT2D eigenvalue weighted by Gasteiger charge is -2.13. The molecule has 1 amide bonds. The molecule has 5 heteroatoms. The van der Waals surface area contributed by atoms with Crippen molar-refractivity contribution in [3.8, 4) is 0 Å². The Hall–Kier alpha value is -1.78. The fourth-order valence-electron chi connectivity index (χ4n) is 1.30. The van der Waals surface area contributed by atoms with Gasteiger partial charge in [-0.15, -0.1) is 0 Å². The molecular weight excluding hydrogens is 210 g/mol. The molecule has 5 nitrogen and oxygen atoms in total. The van der Waals surface area contributed by atoms with Crippen LogP contribution in [0.3, 0.4) is 0 Å². The third-order valence-corrected chi connectivity index (χ3v) is 1.97. The zero-order chi connectivity index (χ0) is 12.1. The predicted molar refractivity (Wildman–Crippen MR) is 56.7 cm³/mol. The van der Waals surface area contributed by atoms with Crippen LogP contribution in [0.15, 0.2) is 22.8 Å². The van der Waals surface area contributed by atoms with Crippen molar-refractivity contribution in [1.82, 2.24) is 5.32 Å². The molecule has 1 unspecified atom stereocenters. The van der Waals surface area contributed by atoms with Gasteiger partial charge >= 0.3 is 5.97 Å². The molecule has 0 radical (unpaired) electrons. The molecule has 0 aromatic carbocycles. The highest BCUT2D eigenvalue weighted by Crippen LogP contribution is 2.14. The Kier molecular flexibility index (Phi) is 4.10. The van der Waals surface area contributed by atoms with Gasteiger partial charge in [-0.25, -0.2) is 4.79 Å². The van der Waals surface area contributed by atoms with Gasteiger partial charge in [0.15, 0.2) is 6.04 Å². The van der Waals surface area contributed by atoms with Crippen LogP contribution in [0.25, 0.3) is 0 Å². The smallest absolute Gasteiger partial charge is 0.334 e. The lowest BCUT2D eigenvalue weighted by Crippen LogP contribution is -2.34. The molecule has 2 N–H and O–H groups in total. The number of carbonyl (C=O) groups is 2. The van der Waals surface area contributed by atoms with Crippen LogP contribution in [-0.4, -0.2) is 17.0 Å². The number of hydrogen-bond donors (Lipinski definition) is 2. The highest BCUT2D eigenvalue weighted by atomic mass is 16.4. The fourth-order valence-corrected chi connectivity index (χ4v) is 1.30. The Morgan fingerprint density at radius 1 is 1.50 bits per heavy atom. The van der Waals surface area contributed by atoms with E-state index in [1.54, 1.807) is 6.07 Å². The summed E-state index contributed by atoms with van der Waals surface area (Å²) in [5.74, 6) is -1.01. The van der Waals surface area contributed by atoms with E-state index in [9.17, 15) is 9.59 Å². The van der Waals surface area contributed by atoms with Gasteiger partial charge < -0.3 is 14.8 Å². The van der Waals surface area contributed by atoms with Gasteiger partial charge in [0.2, 0.25) is 5.91 Å². The molecule has 0 aliphatic carbocycles. The van der Waals surface area contributed by atoms with Crippen molar-refractivity contribution in [2.45, 2.75) is 26.3 Å². The maximum atomic E-state index is 11.4. The van der Waals surface area contributed by atoms with E-state index >= 15 is 0 Å². The summed E-state index contributed by atoms with van der Waals surface area (Å²) in [7, 11) is 0. The van der Waals surface area contributed by atoms with E-state index in [4.69, 9.17) is 9.52 Å². The maximum Gasteiger partial charge on any atom is 0.334 e. The number of carbonyl (C=O) groups excluding carboxylic acids is 1. The average Bonchev–Trinajstić information content (AvgIpc) is 2.64. The van der Waals surface area contributed by atoms with Crippen LogP contribution in [0.1, 0.15) is 32.1 Å². The quantitative estimate of drug-likeness (QED) is 0.797. The number of hydrogen-bond acceptors (Lipinski definition) is 3. The zero-order valence-corrected chi connectivity index (χ0v) is 9.27. The van der Waals surface area contributed by atoms with Crippen LogP contribution in [0.4, 0.5) is 0 Å². The van der Waals surface area contributed by atoms with Crippen molar-refractivity contribution in [1.29, 1.82) is 0 Å². The van der Waals surface area contributed by atoms with Gasteiger partial charge in [-0.3, -0.25) is 4.79 Å². The molecule has 88 valence electrons. The largest absolute Gasteiger partial charge is 0.479 e.